The van der Waals surface area contributed by atoms with Crippen LogP contribution in [0, 0.1) is 0 Å². The smallest absolute Gasteiger partial charge is 0.257 e. The molecule has 0 bridgehead atoms. The van der Waals surface area contributed by atoms with Gasteiger partial charge in [-0.1, -0.05) is 12.1 Å². The summed E-state index contributed by atoms with van der Waals surface area (Å²) in [7, 11) is 0. The van der Waals surface area contributed by atoms with Crippen LogP contribution in [0.3, 0.4) is 0 Å². The van der Waals surface area contributed by atoms with Crippen LogP contribution in [-0.4, -0.2) is 37.0 Å². The second-order valence-corrected chi connectivity index (χ2v) is 4.82. The quantitative estimate of drug-likeness (QED) is 0.814. The first-order chi connectivity index (χ1) is 8.86. The van der Waals surface area contributed by atoms with Crippen LogP contribution in [0.5, 0.6) is 5.75 Å². The first-order valence-electron chi connectivity index (χ1n) is 6.61. The number of nitrogens with zero attached hydrogens (tertiary/aromatic N) is 1. The Balaban J connectivity index is 1.93. The van der Waals surface area contributed by atoms with Gasteiger partial charge in [-0.25, -0.2) is 0 Å². The van der Waals surface area contributed by atoms with E-state index in [4.69, 9.17) is 4.74 Å². The van der Waals surface area contributed by atoms with Gasteiger partial charge in [-0.2, -0.15) is 0 Å². The number of ether oxygens (including phenoxy) is 1. The SMILES string of the molecule is O=C(c1cccc2c1OCCNC2)N1CCCC1. The van der Waals surface area contributed by atoms with Crippen molar-refractivity contribution < 1.29 is 9.53 Å². The van der Waals surface area contributed by atoms with Crippen LogP contribution in [0.1, 0.15) is 28.8 Å². The molecular formula is C14H18N2O2. The average molecular weight is 246 g/mol. The zero-order valence-corrected chi connectivity index (χ0v) is 10.4. The summed E-state index contributed by atoms with van der Waals surface area (Å²) in [5.41, 5.74) is 1.80. The summed E-state index contributed by atoms with van der Waals surface area (Å²) in [6, 6.07) is 5.84. The van der Waals surface area contributed by atoms with E-state index >= 15 is 0 Å². The van der Waals surface area contributed by atoms with Gasteiger partial charge in [-0.15, -0.1) is 0 Å². The fourth-order valence-corrected chi connectivity index (χ4v) is 2.60. The van der Waals surface area contributed by atoms with E-state index in [2.05, 4.69) is 5.32 Å². The van der Waals surface area contributed by atoms with E-state index in [0.29, 0.717) is 6.61 Å². The predicted octanol–water partition coefficient (Wildman–Crippen LogP) is 1.40. The molecule has 1 saturated heterocycles. The summed E-state index contributed by atoms with van der Waals surface area (Å²) < 4.78 is 5.75. The molecule has 0 saturated carbocycles. The van der Waals surface area contributed by atoms with Gasteiger partial charge >= 0.3 is 0 Å². The van der Waals surface area contributed by atoms with Gasteiger partial charge in [0.25, 0.3) is 5.91 Å². The van der Waals surface area contributed by atoms with Crippen molar-refractivity contribution in [3.63, 3.8) is 0 Å². The standard InChI is InChI=1S/C14H18N2O2/c17-14(16-7-1-2-8-16)12-5-3-4-11-10-15-6-9-18-13(11)12/h3-5,15H,1-2,6-10H2. The van der Waals surface area contributed by atoms with Crippen molar-refractivity contribution in [3.05, 3.63) is 29.3 Å². The Labute approximate surface area is 107 Å². The third-order valence-electron chi connectivity index (χ3n) is 3.56. The van der Waals surface area contributed by atoms with Gasteiger partial charge in [0.1, 0.15) is 12.4 Å². The number of hydrogen-bond donors (Lipinski definition) is 1. The van der Waals surface area contributed by atoms with E-state index < -0.39 is 0 Å². The first-order valence-corrected chi connectivity index (χ1v) is 6.61. The van der Waals surface area contributed by atoms with Crippen molar-refractivity contribution >= 4 is 5.91 Å². The zero-order chi connectivity index (χ0) is 12.4. The van der Waals surface area contributed by atoms with Crippen molar-refractivity contribution in [1.29, 1.82) is 0 Å². The lowest BCUT2D eigenvalue weighted by Gasteiger charge is -2.18. The number of rotatable bonds is 1. The van der Waals surface area contributed by atoms with Gasteiger partial charge in [0.05, 0.1) is 5.56 Å². The van der Waals surface area contributed by atoms with E-state index in [1.54, 1.807) is 0 Å². The van der Waals surface area contributed by atoms with E-state index in [1.807, 2.05) is 23.1 Å². The predicted molar refractivity (Wildman–Crippen MR) is 68.8 cm³/mol. The molecule has 1 amide bonds. The lowest BCUT2D eigenvalue weighted by Crippen LogP contribution is -2.28. The number of fused-ring (bicyclic) bond motifs is 1. The molecule has 2 heterocycles. The number of carbonyl (C=O) groups excluding carboxylic acids is 1. The van der Waals surface area contributed by atoms with Gasteiger partial charge in [-0.05, 0) is 18.9 Å². The average Bonchev–Trinajstić information content (AvgIpc) is 2.82. The number of likely N-dealkylation sites (tertiary alicyclic amines) is 1. The second-order valence-electron chi connectivity index (χ2n) is 4.82. The van der Waals surface area contributed by atoms with E-state index in [9.17, 15) is 4.79 Å². The molecule has 18 heavy (non-hydrogen) atoms. The molecule has 0 unspecified atom stereocenters. The largest absolute Gasteiger partial charge is 0.491 e. The summed E-state index contributed by atoms with van der Waals surface area (Å²) in [4.78, 5) is 14.4. The minimum Gasteiger partial charge on any atom is -0.491 e. The van der Waals surface area contributed by atoms with Crippen molar-refractivity contribution in [2.45, 2.75) is 19.4 Å². The number of hydrogen-bond acceptors (Lipinski definition) is 3. The van der Waals surface area contributed by atoms with Crippen LogP contribution >= 0.6 is 0 Å². The topological polar surface area (TPSA) is 41.6 Å². The Morgan fingerprint density at radius 3 is 2.94 bits per heavy atom. The van der Waals surface area contributed by atoms with Crippen LogP contribution < -0.4 is 10.1 Å². The molecule has 4 nitrogen and oxygen atoms in total. The Morgan fingerprint density at radius 2 is 2.11 bits per heavy atom. The molecule has 96 valence electrons. The minimum atomic E-state index is 0.117. The first kappa shape index (κ1) is 11.5. The zero-order valence-electron chi connectivity index (χ0n) is 10.4. The highest BCUT2D eigenvalue weighted by Gasteiger charge is 2.24. The molecule has 0 atom stereocenters. The van der Waals surface area contributed by atoms with Crippen molar-refractivity contribution in [3.8, 4) is 5.75 Å². The molecule has 2 aliphatic heterocycles. The van der Waals surface area contributed by atoms with E-state index in [1.165, 1.54) is 0 Å². The summed E-state index contributed by atoms with van der Waals surface area (Å²) in [5.74, 6) is 0.894. The van der Waals surface area contributed by atoms with Crippen LogP contribution in [0.2, 0.25) is 0 Å². The Morgan fingerprint density at radius 1 is 1.28 bits per heavy atom. The van der Waals surface area contributed by atoms with Gasteiger partial charge in [0.15, 0.2) is 0 Å². The summed E-state index contributed by atoms with van der Waals surface area (Å²) in [6.45, 7) is 3.97. The molecule has 0 spiro atoms. The normalized spacial score (nSPS) is 19.0. The van der Waals surface area contributed by atoms with Gasteiger partial charge in [0.2, 0.25) is 0 Å². The van der Waals surface area contributed by atoms with Crippen molar-refractivity contribution in [2.75, 3.05) is 26.2 Å². The molecule has 1 fully saturated rings. The lowest BCUT2D eigenvalue weighted by atomic mass is 10.1. The highest BCUT2D eigenvalue weighted by molar-refractivity contribution is 5.97. The van der Waals surface area contributed by atoms with Crippen molar-refractivity contribution in [1.82, 2.24) is 10.2 Å². The maximum atomic E-state index is 12.5. The third-order valence-corrected chi connectivity index (χ3v) is 3.56. The summed E-state index contributed by atoms with van der Waals surface area (Å²) >= 11 is 0. The Kier molecular flexibility index (Phi) is 3.19. The highest BCUT2D eigenvalue weighted by atomic mass is 16.5. The molecular weight excluding hydrogens is 228 g/mol. The molecule has 1 aromatic carbocycles. The van der Waals surface area contributed by atoms with Crippen molar-refractivity contribution in [2.24, 2.45) is 0 Å². The van der Waals surface area contributed by atoms with Gasteiger partial charge < -0.3 is 15.0 Å². The maximum absolute atomic E-state index is 12.5. The van der Waals surface area contributed by atoms with Gasteiger partial charge in [0, 0.05) is 31.7 Å². The molecule has 0 aromatic heterocycles. The highest BCUT2D eigenvalue weighted by Crippen LogP contribution is 2.27. The van der Waals surface area contributed by atoms with Crippen LogP contribution in [0.15, 0.2) is 18.2 Å². The molecule has 3 rings (SSSR count). The molecule has 0 aliphatic carbocycles. The fraction of sp³-hybridized carbons (Fsp3) is 0.500. The monoisotopic (exact) mass is 246 g/mol. The van der Waals surface area contributed by atoms with E-state index in [0.717, 1.165) is 55.9 Å². The lowest BCUT2D eigenvalue weighted by molar-refractivity contribution is 0.0788. The summed E-state index contributed by atoms with van der Waals surface area (Å²) in [6.07, 6.45) is 2.23. The number of benzene rings is 1. The minimum absolute atomic E-state index is 0.117. The number of nitrogens with one attached hydrogen (secondary N) is 1. The van der Waals surface area contributed by atoms with Crippen LogP contribution in [0.4, 0.5) is 0 Å². The van der Waals surface area contributed by atoms with Crippen LogP contribution in [-0.2, 0) is 6.54 Å². The molecule has 4 heteroatoms. The van der Waals surface area contributed by atoms with E-state index in [-0.39, 0.29) is 5.91 Å². The van der Waals surface area contributed by atoms with Crippen LogP contribution in [0.25, 0.3) is 0 Å². The summed E-state index contributed by atoms with van der Waals surface area (Å²) in [5, 5.41) is 3.29. The van der Waals surface area contributed by atoms with Gasteiger partial charge in [-0.3, -0.25) is 4.79 Å². The Bertz CT molecular complexity index is 453. The maximum Gasteiger partial charge on any atom is 0.257 e. The molecule has 2 aliphatic rings. The molecule has 1 N–H and O–H groups in total. The Hall–Kier alpha value is -1.55. The fourth-order valence-electron chi connectivity index (χ4n) is 2.60. The molecule has 0 radical (unpaired) electrons. The number of amides is 1. The molecule has 1 aromatic rings. The number of carbonyl (C=O) groups is 1. The second kappa shape index (κ2) is 4.98. The third kappa shape index (κ3) is 2.08. The number of para-hydroxylation sites is 1.